The molecule has 1 fully saturated rings. The SMILES string of the molecule is C=CCCc1ccc(-c2ccc(C3CCC(CCC)O3)cc2)cc1. The molecule has 0 bridgehead atoms. The van der Waals surface area contributed by atoms with Gasteiger partial charge in [-0.25, -0.2) is 0 Å². The van der Waals surface area contributed by atoms with Crippen LogP contribution in [0.2, 0.25) is 0 Å². The molecule has 0 aromatic heterocycles. The molecule has 2 atom stereocenters. The second-order valence-corrected chi connectivity index (χ2v) is 6.76. The Balaban J connectivity index is 1.65. The number of ether oxygens (including phenoxy) is 1. The molecule has 126 valence electrons. The van der Waals surface area contributed by atoms with Crippen LogP contribution in [-0.2, 0) is 11.2 Å². The summed E-state index contributed by atoms with van der Waals surface area (Å²) in [5.74, 6) is 0. The minimum absolute atomic E-state index is 0.289. The largest absolute Gasteiger partial charge is 0.370 e. The van der Waals surface area contributed by atoms with Crippen LogP contribution < -0.4 is 0 Å². The second-order valence-electron chi connectivity index (χ2n) is 6.76. The Morgan fingerprint density at radius 2 is 1.67 bits per heavy atom. The van der Waals surface area contributed by atoms with Gasteiger partial charge >= 0.3 is 0 Å². The van der Waals surface area contributed by atoms with E-state index in [1.54, 1.807) is 0 Å². The van der Waals surface area contributed by atoms with Crippen molar-refractivity contribution in [3.63, 3.8) is 0 Å². The first kappa shape index (κ1) is 17.0. The Labute approximate surface area is 146 Å². The summed E-state index contributed by atoms with van der Waals surface area (Å²) in [5, 5.41) is 0. The van der Waals surface area contributed by atoms with E-state index in [2.05, 4.69) is 62.0 Å². The lowest BCUT2D eigenvalue weighted by Gasteiger charge is -2.14. The number of hydrogen-bond acceptors (Lipinski definition) is 1. The van der Waals surface area contributed by atoms with E-state index in [4.69, 9.17) is 4.74 Å². The Morgan fingerprint density at radius 3 is 2.29 bits per heavy atom. The van der Waals surface area contributed by atoms with E-state index in [9.17, 15) is 0 Å². The molecule has 0 N–H and O–H groups in total. The fraction of sp³-hybridized carbons (Fsp3) is 0.391. The maximum absolute atomic E-state index is 6.18. The minimum atomic E-state index is 0.289. The lowest BCUT2D eigenvalue weighted by molar-refractivity contribution is 0.0397. The van der Waals surface area contributed by atoms with Crippen LogP contribution in [-0.4, -0.2) is 6.10 Å². The van der Waals surface area contributed by atoms with Crippen LogP contribution in [0.5, 0.6) is 0 Å². The van der Waals surface area contributed by atoms with E-state index in [0.717, 1.165) is 19.3 Å². The standard InChI is InChI=1S/C23H28O/c1-3-5-7-18-8-10-19(11-9-18)20-12-14-21(15-13-20)23-17-16-22(24-23)6-4-2/h3,8-15,22-23H,1,4-7,16-17H2,2H3. The molecule has 0 aliphatic carbocycles. The summed E-state index contributed by atoms with van der Waals surface area (Å²) >= 11 is 0. The van der Waals surface area contributed by atoms with Crippen molar-refractivity contribution in [3.05, 3.63) is 72.3 Å². The van der Waals surface area contributed by atoms with Gasteiger partial charge in [0, 0.05) is 0 Å². The number of rotatable bonds is 7. The molecule has 2 aromatic rings. The molecule has 1 nitrogen and oxygen atoms in total. The van der Waals surface area contributed by atoms with E-state index >= 15 is 0 Å². The zero-order chi connectivity index (χ0) is 16.8. The first-order valence-electron chi connectivity index (χ1n) is 9.25. The third kappa shape index (κ3) is 4.15. The van der Waals surface area contributed by atoms with Crippen molar-refractivity contribution in [1.29, 1.82) is 0 Å². The predicted octanol–water partition coefficient (Wildman–Crippen LogP) is 6.49. The highest BCUT2D eigenvalue weighted by molar-refractivity contribution is 5.64. The van der Waals surface area contributed by atoms with Gasteiger partial charge < -0.3 is 4.74 Å². The molecule has 1 aliphatic heterocycles. The molecule has 1 aliphatic rings. The molecular formula is C23H28O. The lowest BCUT2D eigenvalue weighted by Crippen LogP contribution is -2.05. The van der Waals surface area contributed by atoms with Crippen LogP contribution in [0.1, 0.15) is 56.3 Å². The van der Waals surface area contributed by atoms with Crippen molar-refractivity contribution < 1.29 is 4.74 Å². The summed E-state index contributed by atoms with van der Waals surface area (Å²) in [7, 11) is 0. The average Bonchev–Trinajstić information content (AvgIpc) is 3.10. The molecule has 24 heavy (non-hydrogen) atoms. The van der Waals surface area contributed by atoms with Gasteiger partial charge in [0.25, 0.3) is 0 Å². The summed E-state index contributed by atoms with van der Waals surface area (Å²) in [6, 6.07) is 17.8. The Kier molecular flexibility index (Phi) is 5.87. The van der Waals surface area contributed by atoms with Crippen molar-refractivity contribution in [3.8, 4) is 11.1 Å². The second kappa shape index (κ2) is 8.30. The number of hydrogen-bond donors (Lipinski definition) is 0. The van der Waals surface area contributed by atoms with Crippen LogP contribution in [0, 0.1) is 0 Å². The molecule has 0 saturated carbocycles. The molecule has 1 heterocycles. The van der Waals surface area contributed by atoms with Crippen LogP contribution in [0.3, 0.4) is 0 Å². The summed E-state index contributed by atoms with van der Waals surface area (Å²) < 4.78 is 6.18. The molecule has 2 aromatic carbocycles. The first-order valence-corrected chi connectivity index (χ1v) is 9.25. The number of allylic oxidation sites excluding steroid dienone is 1. The van der Waals surface area contributed by atoms with Gasteiger partial charge in [0.05, 0.1) is 12.2 Å². The quantitative estimate of drug-likeness (QED) is 0.530. The fourth-order valence-corrected chi connectivity index (χ4v) is 3.51. The maximum Gasteiger partial charge on any atom is 0.0829 e. The van der Waals surface area contributed by atoms with Gasteiger partial charge in [0.1, 0.15) is 0 Å². The molecule has 0 spiro atoms. The number of aryl methyl sites for hydroxylation is 1. The minimum Gasteiger partial charge on any atom is -0.370 e. The molecule has 2 unspecified atom stereocenters. The first-order chi connectivity index (χ1) is 11.8. The van der Waals surface area contributed by atoms with Crippen molar-refractivity contribution in [1.82, 2.24) is 0 Å². The highest BCUT2D eigenvalue weighted by Gasteiger charge is 2.25. The summed E-state index contributed by atoms with van der Waals surface area (Å²) in [6.45, 7) is 6.02. The van der Waals surface area contributed by atoms with Crippen LogP contribution in [0.4, 0.5) is 0 Å². The Bertz CT molecular complexity index is 639. The Hall–Kier alpha value is -1.86. The molecule has 3 rings (SSSR count). The Morgan fingerprint density at radius 1 is 1.00 bits per heavy atom. The van der Waals surface area contributed by atoms with E-state index in [1.165, 1.54) is 41.5 Å². The highest BCUT2D eigenvalue weighted by atomic mass is 16.5. The third-order valence-corrected chi connectivity index (χ3v) is 4.93. The smallest absolute Gasteiger partial charge is 0.0829 e. The van der Waals surface area contributed by atoms with Crippen molar-refractivity contribution in [2.24, 2.45) is 0 Å². The van der Waals surface area contributed by atoms with Crippen LogP contribution in [0.25, 0.3) is 11.1 Å². The normalized spacial score (nSPS) is 20.2. The molecule has 0 radical (unpaired) electrons. The van der Waals surface area contributed by atoms with E-state index in [-0.39, 0.29) is 6.10 Å². The summed E-state index contributed by atoms with van der Waals surface area (Å²) in [6.07, 6.45) is 9.58. The maximum atomic E-state index is 6.18. The molecule has 0 amide bonds. The molecule has 1 saturated heterocycles. The van der Waals surface area contributed by atoms with Gasteiger partial charge in [-0.3, -0.25) is 0 Å². The van der Waals surface area contributed by atoms with Gasteiger partial charge in [-0.15, -0.1) is 6.58 Å². The summed E-state index contributed by atoms with van der Waals surface area (Å²) in [4.78, 5) is 0. The van der Waals surface area contributed by atoms with Gasteiger partial charge in [0.2, 0.25) is 0 Å². The topological polar surface area (TPSA) is 9.23 Å². The predicted molar refractivity (Wildman–Crippen MR) is 102 cm³/mol. The van der Waals surface area contributed by atoms with E-state index < -0.39 is 0 Å². The van der Waals surface area contributed by atoms with Crippen LogP contribution in [0.15, 0.2) is 61.2 Å². The lowest BCUT2D eigenvalue weighted by atomic mass is 9.99. The van der Waals surface area contributed by atoms with Crippen molar-refractivity contribution in [2.75, 3.05) is 0 Å². The van der Waals surface area contributed by atoms with Crippen molar-refractivity contribution in [2.45, 2.75) is 57.7 Å². The highest BCUT2D eigenvalue weighted by Crippen LogP contribution is 2.35. The average molecular weight is 320 g/mol. The van der Waals surface area contributed by atoms with Gasteiger partial charge in [-0.2, -0.15) is 0 Å². The van der Waals surface area contributed by atoms with E-state index in [1.807, 2.05) is 6.08 Å². The zero-order valence-electron chi connectivity index (χ0n) is 14.7. The van der Waals surface area contributed by atoms with Gasteiger partial charge in [-0.1, -0.05) is 68.0 Å². The van der Waals surface area contributed by atoms with Crippen molar-refractivity contribution >= 4 is 0 Å². The van der Waals surface area contributed by atoms with E-state index in [0.29, 0.717) is 6.10 Å². The monoisotopic (exact) mass is 320 g/mol. The van der Waals surface area contributed by atoms with Crippen LogP contribution >= 0.6 is 0 Å². The third-order valence-electron chi connectivity index (χ3n) is 4.93. The molecule has 1 heteroatoms. The van der Waals surface area contributed by atoms with Gasteiger partial charge in [-0.05, 0) is 54.4 Å². The zero-order valence-corrected chi connectivity index (χ0v) is 14.7. The number of benzene rings is 2. The van der Waals surface area contributed by atoms with Gasteiger partial charge in [0.15, 0.2) is 0 Å². The molecular weight excluding hydrogens is 292 g/mol. The fourth-order valence-electron chi connectivity index (χ4n) is 3.51. The summed E-state index contributed by atoms with van der Waals surface area (Å²) in [5.41, 5.74) is 5.24.